The first-order valence-corrected chi connectivity index (χ1v) is 8.20. The summed E-state index contributed by atoms with van der Waals surface area (Å²) in [6.07, 6.45) is 1.79. The lowest BCUT2D eigenvalue weighted by molar-refractivity contribution is 0.833. The first-order valence-electron chi connectivity index (χ1n) is 6.61. The largest absolute Gasteiger partial charge is 0.339 e. The van der Waals surface area contributed by atoms with Crippen molar-refractivity contribution in [2.45, 2.75) is 26.7 Å². The third kappa shape index (κ3) is 3.93. The van der Waals surface area contributed by atoms with Gasteiger partial charge in [-0.05, 0) is 47.5 Å². The van der Waals surface area contributed by atoms with Gasteiger partial charge in [0.15, 0.2) is 0 Å². The van der Waals surface area contributed by atoms with Crippen molar-refractivity contribution in [3.63, 3.8) is 0 Å². The molecule has 0 amide bonds. The molecule has 5 nitrogen and oxygen atoms in total. The Morgan fingerprint density at radius 2 is 1.90 bits per heavy atom. The monoisotopic (exact) mass is 413 g/mol. The van der Waals surface area contributed by atoms with Crippen LogP contribution in [-0.2, 0) is 6.42 Å². The molecule has 1 aromatic carbocycles. The fourth-order valence-electron chi connectivity index (χ4n) is 1.88. The van der Waals surface area contributed by atoms with Crippen molar-refractivity contribution >= 4 is 49.2 Å². The van der Waals surface area contributed by atoms with Crippen LogP contribution in [-0.4, -0.2) is 9.97 Å². The van der Waals surface area contributed by atoms with Gasteiger partial charge in [-0.25, -0.2) is 15.8 Å². The second kappa shape index (κ2) is 7.20. The molecule has 0 aliphatic carbocycles. The van der Waals surface area contributed by atoms with Crippen molar-refractivity contribution in [3.8, 4) is 0 Å². The predicted octanol–water partition coefficient (Wildman–Crippen LogP) is 4.29. The number of hydrogen-bond donors (Lipinski definition) is 3. The zero-order valence-electron chi connectivity index (χ0n) is 11.9. The number of nitrogens with one attached hydrogen (secondary N) is 2. The lowest BCUT2D eigenvalue weighted by Gasteiger charge is -2.14. The second-order valence-electron chi connectivity index (χ2n) is 4.61. The zero-order valence-corrected chi connectivity index (χ0v) is 15.0. The number of nitrogens with two attached hydrogens (primary N) is 1. The van der Waals surface area contributed by atoms with E-state index in [-0.39, 0.29) is 0 Å². The molecule has 2 aromatic rings. The van der Waals surface area contributed by atoms with Gasteiger partial charge in [0.1, 0.15) is 17.5 Å². The van der Waals surface area contributed by atoms with Crippen molar-refractivity contribution in [1.29, 1.82) is 0 Å². The second-order valence-corrected chi connectivity index (χ2v) is 6.38. The van der Waals surface area contributed by atoms with E-state index in [9.17, 15) is 0 Å². The summed E-state index contributed by atoms with van der Waals surface area (Å²) in [5.74, 6) is 7.71. The minimum atomic E-state index is 0.643. The molecule has 0 aliphatic rings. The van der Waals surface area contributed by atoms with Crippen LogP contribution in [0, 0.1) is 6.92 Å². The average molecular weight is 415 g/mol. The highest BCUT2D eigenvalue weighted by molar-refractivity contribution is 9.11. The maximum Gasteiger partial charge on any atom is 0.148 e. The molecule has 0 atom stereocenters. The Morgan fingerprint density at radius 3 is 2.52 bits per heavy atom. The van der Waals surface area contributed by atoms with Crippen LogP contribution >= 0.6 is 31.9 Å². The Balaban J connectivity index is 2.40. The van der Waals surface area contributed by atoms with Crippen LogP contribution < -0.4 is 16.6 Å². The van der Waals surface area contributed by atoms with E-state index in [0.29, 0.717) is 5.82 Å². The molecule has 1 heterocycles. The molecule has 2 rings (SSSR count). The summed E-state index contributed by atoms with van der Waals surface area (Å²) in [4.78, 5) is 8.99. The van der Waals surface area contributed by atoms with E-state index in [4.69, 9.17) is 5.84 Å². The summed E-state index contributed by atoms with van der Waals surface area (Å²) in [5.41, 5.74) is 4.45. The van der Waals surface area contributed by atoms with Gasteiger partial charge < -0.3 is 10.7 Å². The Hall–Kier alpha value is -1.18. The number of hydrogen-bond acceptors (Lipinski definition) is 5. The molecule has 0 aliphatic heterocycles. The Bertz CT molecular complexity index is 646. The number of nitrogen functional groups attached to an aromatic ring is 1. The standard InChI is InChI=1S/C14H17Br2N5/c1-3-4-12-19-13(8(2)14(20-12)21-17)18-11-6-5-9(15)7-10(11)16/h5-7H,3-4,17H2,1-2H3,(H2,18,19,20,21). The number of rotatable bonds is 5. The minimum absolute atomic E-state index is 0.643. The quantitative estimate of drug-likeness (QED) is 0.502. The van der Waals surface area contributed by atoms with E-state index in [2.05, 4.69) is 59.5 Å². The number of aromatic nitrogens is 2. The molecule has 0 unspecified atom stereocenters. The van der Waals surface area contributed by atoms with Crippen LogP contribution in [0.4, 0.5) is 17.3 Å². The van der Waals surface area contributed by atoms with Crippen LogP contribution in [0.3, 0.4) is 0 Å². The first kappa shape index (κ1) is 16.2. The maximum absolute atomic E-state index is 5.54. The number of anilines is 3. The van der Waals surface area contributed by atoms with Crippen LogP contribution in [0.2, 0.25) is 0 Å². The van der Waals surface area contributed by atoms with Crippen molar-refractivity contribution in [3.05, 3.63) is 38.5 Å². The van der Waals surface area contributed by atoms with Crippen LogP contribution in [0.1, 0.15) is 24.7 Å². The van der Waals surface area contributed by atoms with E-state index >= 15 is 0 Å². The van der Waals surface area contributed by atoms with E-state index in [1.807, 2.05) is 25.1 Å². The van der Waals surface area contributed by atoms with E-state index in [0.717, 1.165) is 44.7 Å². The summed E-state index contributed by atoms with van der Waals surface area (Å²) < 4.78 is 1.96. The Kier molecular flexibility index (Phi) is 5.55. The number of hydrazine groups is 1. The molecule has 21 heavy (non-hydrogen) atoms. The average Bonchev–Trinajstić information content (AvgIpc) is 2.45. The van der Waals surface area contributed by atoms with Crippen LogP contribution in [0.15, 0.2) is 27.1 Å². The summed E-state index contributed by atoms with van der Waals surface area (Å²) in [5, 5.41) is 3.33. The number of aryl methyl sites for hydroxylation is 1. The normalized spacial score (nSPS) is 10.5. The van der Waals surface area contributed by atoms with E-state index in [1.54, 1.807) is 0 Å². The molecular weight excluding hydrogens is 398 g/mol. The van der Waals surface area contributed by atoms with Gasteiger partial charge in [0.25, 0.3) is 0 Å². The molecule has 4 N–H and O–H groups in total. The lowest BCUT2D eigenvalue weighted by atomic mass is 10.2. The van der Waals surface area contributed by atoms with Crippen molar-refractivity contribution in [2.75, 3.05) is 10.7 Å². The molecule has 0 saturated heterocycles. The van der Waals surface area contributed by atoms with Gasteiger partial charge in [-0.15, -0.1) is 0 Å². The summed E-state index contributed by atoms with van der Waals surface area (Å²) in [6, 6.07) is 5.93. The molecule has 112 valence electrons. The number of halogens is 2. The van der Waals surface area contributed by atoms with Crippen molar-refractivity contribution < 1.29 is 0 Å². The molecule has 1 aromatic heterocycles. The number of benzene rings is 1. The third-order valence-electron chi connectivity index (χ3n) is 2.99. The Labute approximate surface area is 141 Å². The summed E-state index contributed by atoms with van der Waals surface area (Å²) >= 11 is 6.98. The summed E-state index contributed by atoms with van der Waals surface area (Å²) in [7, 11) is 0. The van der Waals surface area contributed by atoms with Gasteiger partial charge in [0, 0.05) is 20.9 Å². The van der Waals surface area contributed by atoms with Gasteiger partial charge in [-0.2, -0.15) is 0 Å². The fraction of sp³-hybridized carbons (Fsp3) is 0.286. The molecule has 0 spiro atoms. The molecule has 0 bridgehead atoms. The fourth-order valence-corrected chi connectivity index (χ4v) is 3.03. The van der Waals surface area contributed by atoms with Gasteiger partial charge in [-0.1, -0.05) is 22.9 Å². The van der Waals surface area contributed by atoms with Gasteiger partial charge in [-0.3, -0.25) is 0 Å². The highest BCUT2D eigenvalue weighted by Gasteiger charge is 2.11. The Morgan fingerprint density at radius 1 is 1.19 bits per heavy atom. The van der Waals surface area contributed by atoms with E-state index in [1.165, 1.54) is 0 Å². The highest BCUT2D eigenvalue weighted by atomic mass is 79.9. The van der Waals surface area contributed by atoms with Crippen molar-refractivity contribution in [1.82, 2.24) is 9.97 Å². The zero-order chi connectivity index (χ0) is 15.4. The molecule has 7 heteroatoms. The van der Waals surface area contributed by atoms with Crippen LogP contribution in [0.5, 0.6) is 0 Å². The third-order valence-corrected chi connectivity index (χ3v) is 4.14. The molecular formula is C14H17Br2N5. The minimum Gasteiger partial charge on any atom is -0.339 e. The van der Waals surface area contributed by atoms with Gasteiger partial charge in [0.05, 0.1) is 5.69 Å². The maximum atomic E-state index is 5.54. The predicted molar refractivity (Wildman–Crippen MR) is 93.7 cm³/mol. The van der Waals surface area contributed by atoms with Gasteiger partial charge in [0.2, 0.25) is 0 Å². The summed E-state index contributed by atoms with van der Waals surface area (Å²) in [6.45, 7) is 4.02. The lowest BCUT2D eigenvalue weighted by Crippen LogP contribution is -2.14. The van der Waals surface area contributed by atoms with Crippen LogP contribution in [0.25, 0.3) is 0 Å². The highest BCUT2D eigenvalue weighted by Crippen LogP contribution is 2.30. The van der Waals surface area contributed by atoms with Crippen molar-refractivity contribution in [2.24, 2.45) is 5.84 Å². The topological polar surface area (TPSA) is 75.9 Å². The first-order chi connectivity index (χ1) is 10.0. The van der Waals surface area contributed by atoms with E-state index < -0.39 is 0 Å². The van der Waals surface area contributed by atoms with Gasteiger partial charge >= 0.3 is 0 Å². The molecule has 0 fully saturated rings. The molecule has 0 radical (unpaired) electrons. The number of nitrogens with zero attached hydrogens (tertiary/aromatic N) is 2. The smallest absolute Gasteiger partial charge is 0.148 e. The SMILES string of the molecule is CCCc1nc(NN)c(C)c(Nc2ccc(Br)cc2Br)n1. The molecule has 0 saturated carbocycles.